The highest BCUT2D eigenvalue weighted by atomic mass is 19.1. The molecule has 2 aromatic carbocycles. The molecule has 4 atom stereocenters. The van der Waals surface area contributed by atoms with Gasteiger partial charge in [-0.05, 0) is 99.4 Å². The number of hydrogen-bond acceptors (Lipinski definition) is 11. The molecule has 3 amide bonds. The summed E-state index contributed by atoms with van der Waals surface area (Å²) in [5.41, 5.74) is 7.24. The molecule has 3 unspecified atom stereocenters. The van der Waals surface area contributed by atoms with Crippen molar-refractivity contribution in [3.63, 3.8) is 0 Å². The number of nitrogens with zero attached hydrogens (tertiary/aromatic N) is 9. The van der Waals surface area contributed by atoms with Gasteiger partial charge in [0.25, 0.3) is 11.5 Å². The van der Waals surface area contributed by atoms with Gasteiger partial charge in [0.1, 0.15) is 23.2 Å². The van der Waals surface area contributed by atoms with Crippen LogP contribution in [0.15, 0.2) is 71.8 Å². The molecule has 4 fully saturated rings. The van der Waals surface area contributed by atoms with E-state index in [1.165, 1.54) is 22.9 Å². The van der Waals surface area contributed by atoms with Crippen molar-refractivity contribution in [3.05, 3.63) is 122 Å². The van der Waals surface area contributed by atoms with E-state index < -0.39 is 16.5 Å². The molecule has 1 aliphatic carbocycles. The number of imide groups is 1. The first-order valence-electron chi connectivity index (χ1n) is 26.4. The third-order valence-electron chi connectivity index (χ3n) is 17.0. The number of piperidine rings is 2. The Kier molecular flexibility index (Phi) is 13.3. The number of benzene rings is 2. The summed E-state index contributed by atoms with van der Waals surface area (Å²) in [6, 6.07) is 14.2. The van der Waals surface area contributed by atoms with Crippen LogP contribution < -0.4 is 25.7 Å². The normalized spacial score (nSPS) is 23.8. The number of halogens is 2. The van der Waals surface area contributed by atoms with Crippen LogP contribution in [0.2, 0.25) is 0 Å². The van der Waals surface area contributed by atoms with Gasteiger partial charge >= 0.3 is 0 Å². The van der Waals surface area contributed by atoms with E-state index in [4.69, 9.17) is 0 Å². The highest BCUT2D eigenvalue weighted by molar-refractivity contribution is 6.02. The van der Waals surface area contributed by atoms with Crippen LogP contribution in [0.1, 0.15) is 97.6 Å². The maximum absolute atomic E-state index is 16.2. The van der Waals surface area contributed by atoms with Crippen molar-refractivity contribution in [1.82, 2.24) is 43.7 Å². The summed E-state index contributed by atoms with van der Waals surface area (Å²) in [7, 11) is 3.51. The van der Waals surface area contributed by atoms with E-state index in [2.05, 4.69) is 62.4 Å². The third-order valence-corrected chi connectivity index (χ3v) is 17.0. The van der Waals surface area contributed by atoms with Crippen molar-refractivity contribution in [2.75, 3.05) is 76.3 Å². The Morgan fingerprint density at radius 2 is 1.74 bits per heavy atom. The summed E-state index contributed by atoms with van der Waals surface area (Å²) in [6.07, 6.45) is 9.77. The number of pyridine rings is 2. The molecule has 0 bridgehead atoms. The van der Waals surface area contributed by atoms with Crippen LogP contribution in [0.25, 0.3) is 22.3 Å². The third kappa shape index (κ3) is 9.22. The minimum atomic E-state index is -0.534. The SMILES string of the molecule is CNc1cc(=O)n(-c2ccnc3c2cc(C(C)N2CC=C(c4c(C)cc(C(=O)N5CCC(CN6CCN(Cc7ccc8c(c7)[N+]([O-])(C7CC7)CN8[C@@H]7CCC(=O)NC7=O)CC6C)CC5)cc4F)CC2)n3C)cc1F. The van der Waals surface area contributed by atoms with E-state index in [0.717, 1.165) is 97.6 Å². The Hall–Kier alpha value is -6.31. The van der Waals surface area contributed by atoms with Gasteiger partial charge in [0, 0.05) is 145 Å². The first kappa shape index (κ1) is 49.9. The van der Waals surface area contributed by atoms with E-state index >= 15 is 4.39 Å². The minimum Gasteiger partial charge on any atom is -0.626 e. The lowest BCUT2D eigenvalue weighted by atomic mass is 9.92. The predicted octanol–water partition coefficient (Wildman–Crippen LogP) is 6.81. The fourth-order valence-corrected chi connectivity index (χ4v) is 12.7. The molecule has 11 rings (SSSR count). The van der Waals surface area contributed by atoms with Gasteiger partial charge in [-0.25, -0.2) is 13.8 Å². The average Bonchev–Trinajstić information content (AvgIpc) is 4.17. The number of rotatable bonds is 12. The van der Waals surface area contributed by atoms with Crippen molar-refractivity contribution in [1.29, 1.82) is 0 Å². The molecule has 1 saturated carbocycles. The van der Waals surface area contributed by atoms with Crippen LogP contribution in [0.5, 0.6) is 0 Å². The van der Waals surface area contributed by atoms with Gasteiger partial charge in [0.15, 0.2) is 18.2 Å². The van der Waals surface area contributed by atoms with Gasteiger partial charge in [-0.3, -0.25) is 43.8 Å². The van der Waals surface area contributed by atoms with Gasteiger partial charge in [0.05, 0.1) is 23.6 Å². The molecule has 8 heterocycles. The van der Waals surface area contributed by atoms with E-state index in [-0.39, 0.29) is 60.0 Å². The van der Waals surface area contributed by atoms with E-state index in [9.17, 15) is 28.8 Å². The number of quaternary nitrogens is 1. The largest absolute Gasteiger partial charge is 0.626 e. The zero-order chi connectivity index (χ0) is 51.7. The molecule has 2 N–H and O–H groups in total. The minimum absolute atomic E-state index is 0.00510. The molecule has 390 valence electrons. The first-order valence-corrected chi connectivity index (χ1v) is 26.4. The molecule has 0 spiro atoms. The molecule has 74 heavy (non-hydrogen) atoms. The Morgan fingerprint density at radius 1 is 0.946 bits per heavy atom. The average molecular weight is 1010 g/mol. The number of likely N-dealkylation sites (tertiary alicyclic amines) is 1. The van der Waals surface area contributed by atoms with E-state index in [1.54, 1.807) is 19.3 Å². The van der Waals surface area contributed by atoms with E-state index in [0.29, 0.717) is 73.4 Å². The number of nitrogens with one attached hydrogen (secondary N) is 2. The van der Waals surface area contributed by atoms with Crippen molar-refractivity contribution in [2.45, 2.75) is 96.4 Å². The molecule has 0 radical (unpaired) electrons. The van der Waals surface area contributed by atoms with Gasteiger partial charge in [-0.1, -0.05) is 12.1 Å². The zero-order valence-corrected chi connectivity index (χ0v) is 43.1. The fraction of sp³-hybridized carbons (Fsp3) is 0.482. The number of carbonyl (C=O) groups is 3. The number of anilines is 2. The molecular weight excluding hydrogens is 945 g/mol. The zero-order valence-electron chi connectivity index (χ0n) is 43.1. The Morgan fingerprint density at radius 3 is 2.45 bits per heavy atom. The highest BCUT2D eigenvalue weighted by Gasteiger charge is 2.50. The van der Waals surface area contributed by atoms with Crippen LogP contribution in [-0.4, -0.2) is 136 Å². The lowest BCUT2D eigenvalue weighted by Gasteiger charge is -2.43. The van der Waals surface area contributed by atoms with Gasteiger partial charge in [-0.15, -0.1) is 0 Å². The second-order valence-electron chi connectivity index (χ2n) is 21.7. The van der Waals surface area contributed by atoms with Crippen molar-refractivity contribution in [2.24, 2.45) is 13.0 Å². The molecule has 5 aliphatic heterocycles. The molecule has 3 saturated heterocycles. The monoisotopic (exact) mass is 1010 g/mol. The molecule has 6 aliphatic rings. The topological polar surface area (TPSA) is 154 Å². The maximum Gasteiger partial charge on any atom is 0.257 e. The number of piperazine rings is 1. The van der Waals surface area contributed by atoms with Crippen LogP contribution in [0.3, 0.4) is 0 Å². The highest BCUT2D eigenvalue weighted by Crippen LogP contribution is 2.50. The summed E-state index contributed by atoms with van der Waals surface area (Å²) in [4.78, 5) is 67.4. The Balaban J connectivity index is 0.675. The van der Waals surface area contributed by atoms with Crippen molar-refractivity contribution in [3.8, 4) is 5.69 Å². The first-order chi connectivity index (χ1) is 35.6. The van der Waals surface area contributed by atoms with Crippen LogP contribution in [0, 0.1) is 29.7 Å². The second-order valence-corrected chi connectivity index (χ2v) is 21.7. The molecule has 18 heteroatoms. The number of hydroxylamine groups is 2. The van der Waals surface area contributed by atoms with Crippen molar-refractivity contribution >= 4 is 51.4 Å². The van der Waals surface area contributed by atoms with Crippen molar-refractivity contribution < 1.29 is 23.2 Å². The maximum atomic E-state index is 16.2. The number of amides is 3. The lowest BCUT2D eigenvalue weighted by molar-refractivity contribution is -0.134. The summed E-state index contributed by atoms with van der Waals surface area (Å²) in [5, 5.41) is 20.3. The summed E-state index contributed by atoms with van der Waals surface area (Å²) in [6.45, 7) is 13.5. The van der Waals surface area contributed by atoms with E-state index in [1.807, 2.05) is 46.5 Å². The van der Waals surface area contributed by atoms with Crippen LogP contribution in [-0.2, 0) is 23.2 Å². The summed E-state index contributed by atoms with van der Waals surface area (Å²) in [5.74, 6) is -1.17. The van der Waals surface area contributed by atoms with Gasteiger partial charge < -0.3 is 29.5 Å². The number of hydrogen-bond donors (Lipinski definition) is 2. The molecule has 5 aromatic rings. The number of aromatic nitrogens is 3. The Labute approximate surface area is 430 Å². The fourth-order valence-electron chi connectivity index (χ4n) is 12.7. The predicted molar refractivity (Wildman–Crippen MR) is 283 cm³/mol. The Bertz CT molecular complexity index is 3120. The van der Waals surface area contributed by atoms with Gasteiger partial charge in [0.2, 0.25) is 11.8 Å². The molecular formula is C56H67F2N11O5. The lowest BCUT2D eigenvalue weighted by Crippen LogP contribution is -2.56. The van der Waals surface area contributed by atoms with Crippen LogP contribution >= 0.6 is 0 Å². The standard InChI is InChI=1S/C56H67F2N11O5/c1-34-24-40(26-43(57)53(34)39-15-20-64(21-16-39)36(3)49-27-42-46(12-17-60-54(42)62(49)5)67-32-44(58)45(59-4)28-52(67)71)56(73)65-18-13-37(14-19-65)31-66-23-22-63(29-35(66)2)30-38-6-9-47-50(25-38)69(74,41-7-8-41)33-68(47)48-10-11-51(70)61-55(48)72/h6,9,12,15,17,24-28,32,35-37,41,48,59H,7-8,10-11,13-14,16,18-23,29-31,33H2,1-5H3,(H,61,70,72)/t35?,36?,48-,69?/m1/s1. The molecule has 3 aromatic heterocycles. The smallest absolute Gasteiger partial charge is 0.257 e. The summed E-state index contributed by atoms with van der Waals surface area (Å²) >= 11 is 0. The number of aryl methyl sites for hydroxylation is 2. The molecule has 16 nitrogen and oxygen atoms in total. The number of carbonyl (C=O) groups excluding carboxylic acids is 3. The number of fused-ring (bicyclic) bond motifs is 2. The second kappa shape index (κ2) is 19.8. The van der Waals surface area contributed by atoms with Gasteiger partial charge in [-0.2, -0.15) is 0 Å². The van der Waals surface area contributed by atoms with Crippen LogP contribution in [0.4, 0.5) is 25.8 Å². The summed E-state index contributed by atoms with van der Waals surface area (Å²) < 4.78 is 33.9. The quantitative estimate of drug-likeness (QED) is 0.0770.